The summed E-state index contributed by atoms with van der Waals surface area (Å²) in [5.41, 5.74) is 0.663. The average molecular weight is 320 g/mol. The maximum absolute atomic E-state index is 12.4. The van der Waals surface area contributed by atoms with Gasteiger partial charge in [0.25, 0.3) is 5.91 Å². The Morgan fingerprint density at radius 3 is 2.83 bits per heavy atom. The van der Waals surface area contributed by atoms with Crippen LogP contribution in [0, 0.1) is 0 Å². The van der Waals surface area contributed by atoms with E-state index in [1.165, 1.54) is 11.3 Å². The van der Waals surface area contributed by atoms with Crippen LogP contribution in [0.15, 0.2) is 67.4 Å². The smallest absolute Gasteiger partial charge is 0.265 e. The Kier molecular flexibility index (Phi) is 3.36. The molecule has 5 nitrogen and oxygen atoms in total. The second-order valence-corrected chi connectivity index (χ2v) is 6.06. The van der Waals surface area contributed by atoms with Crippen molar-refractivity contribution in [1.82, 2.24) is 14.5 Å². The number of pyridine rings is 1. The second-order valence-electron chi connectivity index (χ2n) is 4.98. The zero-order chi connectivity index (χ0) is 15.6. The Hall–Kier alpha value is -2.99. The van der Waals surface area contributed by atoms with Gasteiger partial charge in [-0.1, -0.05) is 18.2 Å². The fraction of sp³-hybridized carbons (Fsp3) is 0. The van der Waals surface area contributed by atoms with Gasteiger partial charge >= 0.3 is 0 Å². The van der Waals surface area contributed by atoms with Gasteiger partial charge in [-0.2, -0.15) is 0 Å². The molecule has 23 heavy (non-hydrogen) atoms. The van der Waals surface area contributed by atoms with E-state index in [1.54, 1.807) is 23.3 Å². The Morgan fingerprint density at radius 2 is 2.09 bits per heavy atom. The number of aromatic nitrogens is 3. The lowest BCUT2D eigenvalue weighted by atomic mass is 10.2. The molecule has 112 valence electrons. The highest BCUT2D eigenvalue weighted by Gasteiger charge is 2.10. The molecule has 0 saturated carbocycles. The molecule has 0 radical (unpaired) electrons. The van der Waals surface area contributed by atoms with E-state index in [0.717, 1.165) is 15.9 Å². The van der Waals surface area contributed by atoms with Crippen molar-refractivity contribution < 1.29 is 4.79 Å². The number of benzene rings is 1. The van der Waals surface area contributed by atoms with E-state index in [1.807, 2.05) is 48.7 Å². The Morgan fingerprint density at radius 1 is 1.17 bits per heavy atom. The van der Waals surface area contributed by atoms with Crippen molar-refractivity contribution in [2.45, 2.75) is 0 Å². The molecule has 6 heteroatoms. The van der Waals surface area contributed by atoms with Crippen LogP contribution in [-0.2, 0) is 0 Å². The third-order valence-electron chi connectivity index (χ3n) is 3.42. The van der Waals surface area contributed by atoms with Gasteiger partial charge in [-0.15, -0.1) is 11.3 Å². The van der Waals surface area contributed by atoms with Crippen molar-refractivity contribution in [2.24, 2.45) is 0 Å². The molecule has 4 aromatic rings. The van der Waals surface area contributed by atoms with Gasteiger partial charge in [-0.05, 0) is 29.7 Å². The van der Waals surface area contributed by atoms with Gasteiger partial charge in [-0.25, -0.2) is 9.97 Å². The van der Waals surface area contributed by atoms with Gasteiger partial charge in [0, 0.05) is 17.1 Å². The molecular formula is C17H12N4OS. The van der Waals surface area contributed by atoms with Crippen molar-refractivity contribution in [3.8, 4) is 5.82 Å². The maximum Gasteiger partial charge on any atom is 0.265 e. The lowest BCUT2D eigenvalue weighted by molar-refractivity contribution is 0.103. The molecule has 0 fully saturated rings. The second kappa shape index (κ2) is 5.66. The lowest BCUT2D eigenvalue weighted by Gasteiger charge is -2.05. The summed E-state index contributed by atoms with van der Waals surface area (Å²) in [7, 11) is 0. The third kappa shape index (κ3) is 2.72. The zero-order valence-corrected chi connectivity index (χ0v) is 12.8. The highest BCUT2D eigenvalue weighted by atomic mass is 32.1. The lowest BCUT2D eigenvalue weighted by Crippen LogP contribution is -2.10. The van der Waals surface area contributed by atoms with Crippen molar-refractivity contribution in [3.05, 3.63) is 72.3 Å². The Bertz CT molecular complexity index is 925. The molecule has 1 amide bonds. The number of nitrogens with one attached hydrogen (secondary N) is 1. The van der Waals surface area contributed by atoms with Crippen LogP contribution in [0.1, 0.15) is 9.67 Å². The summed E-state index contributed by atoms with van der Waals surface area (Å²) in [4.78, 5) is 21.3. The number of carbonyl (C=O) groups is 1. The summed E-state index contributed by atoms with van der Waals surface area (Å²) in [6.07, 6.45) is 6.83. The number of thiophene rings is 1. The van der Waals surface area contributed by atoms with E-state index in [4.69, 9.17) is 0 Å². The molecule has 0 spiro atoms. The predicted molar refractivity (Wildman–Crippen MR) is 91.1 cm³/mol. The largest absolute Gasteiger partial charge is 0.320 e. The first-order chi connectivity index (χ1) is 11.3. The van der Waals surface area contributed by atoms with Gasteiger partial charge in [0.1, 0.15) is 12.1 Å². The first-order valence-corrected chi connectivity index (χ1v) is 7.85. The normalized spacial score (nSPS) is 10.8. The summed E-state index contributed by atoms with van der Waals surface area (Å²) < 4.78 is 2.91. The van der Waals surface area contributed by atoms with Crippen LogP contribution < -0.4 is 5.32 Å². The number of rotatable bonds is 3. The predicted octanol–water partition coefficient (Wildman–Crippen LogP) is 3.73. The van der Waals surface area contributed by atoms with E-state index in [2.05, 4.69) is 15.3 Å². The highest BCUT2D eigenvalue weighted by Crippen LogP contribution is 2.25. The van der Waals surface area contributed by atoms with Crippen LogP contribution in [0.3, 0.4) is 0 Å². The third-order valence-corrected chi connectivity index (χ3v) is 4.54. The van der Waals surface area contributed by atoms with E-state index >= 15 is 0 Å². The molecule has 1 N–H and O–H groups in total. The number of nitrogens with zero attached hydrogens (tertiary/aromatic N) is 3. The van der Waals surface area contributed by atoms with Gasteiger partial charge in [-0.3, -0.25) is 9.36 Å². The Balaban J connectivity index is 1.54. The standard InChI is InChI=1S/C17H12N4OS/c22-17(15-9-12-3-1-2-4-14(12)23-15)20-13-5-6-16(19-10-13)21-8-7-18-11-21/h1-11H,(H,20,22). The maximum atomic E-state index is 12.4. The van der Waals surface area contributed by atoms with Gasteiger partial charge in [0.15, 0.2) is 0 Å². The van der Waals surface area contributed by atoms with Crippen LogP contribution in [-0.4, -0.2) is 20.4 Å². The van der Waals surface area contributed by atoms with E-state index in [-0.39, 0.29) is 5.91 Å². The van der Waals surface area contributed by atoms with E-state index in [0.29, 0.717) is 10.6 Å². The monoisotopic (exact) mass is 320 g/mol. The molecule has 0 bridgehead atoms. The summed E-state index contributed by atoms with van der Waals surface area (Å²) in [5, 5.41) is 3.96. The van der Waals surface area contributed by atoms with Crippen LogP contribution in [0.4, 0.5) is 5.69 Å². The van der Waals surface area contributed by atoms with Crippen molar-refractivity contribution in [2.75, 3.05) is 5.32 Å². The topological polar surface area (TPSA) is 59.8 Å². The molecule has 3 aromatic heterocycles. The minimum absolute atomic E-state index is 0.122. The molecule has 1 aromatic carbocycles. The average Bonchev–Trinajstić information content (AvgIpc) is 3.25. The van der Waals surface area contributed by atoms with Crippen LogP contribution >= 0.6 is 11.3 Å². The SMILES string of the molecule is O=C(Nc1ccc(-n2ccnc2)nc1)c1cc2ccccc2s1. The quantitative estimate of drug-likeness (QED) is 0.625. The first-order valence-electron chi connectivity index (χ1n) is 7.04. The fourth-order valence-corrected chi connectivity index (χ4v) is 3.25. The summed E-state index contributed by atoms with van der Waals surface area (Å²) >= 11 is 1.48. The van der Waals surface area contributed by atoms with E-state index < -0.39 is 0 Å². The number of hydrogen-bond donors (Lipinski definition) is 1. The molecule has 3 heterocycles. The number of carbonyl (C=O) groups excluding carboxylic acids is 1. The van der Waals surface area contributed by atoms with Gasteiger partial charge in [0.05, 0.1) is 16.8 Å². The molecule has 4 rings (SSSR count). The number of imidazole rings is 1. The first kappa shape index (κ1) is 13.7. The van der Waals surface area contributed by atoms with Crippen molar-refractivity contribution in [3.63, 3.8) is 0 Å². The van der Waals surface area contributed by atoms with E-state index in [9.17, 15) is 4.79 Å². The van der Waals surface area contributed by atoms with Crippen LogP contribution in [0.5, 0.6) is 0 Å². The fourth-order valence-electron chi connectivity index (χ4n) is 2.29. The Labute approximate surface area is 136 Å². The number of fused-ring (bicyclic) bond motifs is 1. The van der Waals surface area contributed by atoms with Crippen LogP contribution in [0.2, 0.25) is 0 Å². The van der Waals surface area contributed by atoms with Gasteiger partial charge in [0.2, 0.25) is 0 Å². The molecule has 0 saturated heterocycles. The van der Waals surface area contributed by atoms with Crippen molar-refractivity contribution >= 4 is 33.0 Å². The minimum atomic E-state index is -0.122. The number of amides is 1. The molecular weight excluding hydrogens is 308 g/mol. The zero-order valence-electron chi connectivity index (χ0n) is 12.0. The summed E-state index contributed by atoms with van der Waals surface area (Å²) in [5.74, 6) is 0.630. The molecule has 0 unspecified atom stereocenters. The number of hydrogen-bond acceptors (Lipinski definition) is 4. The summed E-state index contributed by atoms with van der Waals surface area (Å²) in [6, 6.07) is 13.5. The molecule has 0 aliphatic heterocycles. The molecule has 0 atom stereocenters. The summed E-state index contributed by atoms with van der Waals surface area (Å²) in [6.45, 7) is 0. The van der Waals surface area contributed by atoms with Crippen LogP contribution in [0.25, 0.3) is 15.9 Å². The van der Waals surface area contributed by atoms with Crippen molar-refractivity contribution in [1.29, 1.82) is 0 Å². The minimum Gasteiger partial charge on any atom is -0.320 e. The highest BCUT2D eigenvalue weighted by molar-refractivity contribution is 7.20. The van der Waals surface area contributed by atoms with Gasteiger partial charge < -0.3 is 5.32 Å². The molecule has 0 aliphatic carbocycles. The molecule has 0 aliphatic rings. The number of anilines is 1.